The van der Waals surface area contributed by atoms with E-state index in [1.807, 2.05) is 13.8 Å². The summed E-state index contributed by atoms with van der Waals surface area (Å²) in [7, 11) is 0. The number of aromatic nitrogens is 1. The summed E-state index contributed by atoms with van der Waals surface area (Å²) in [6.07, 6.45) is 1.74. The summed E-state index contributed by atoms with van der Waals surface area (Å²) in [5.74, 6) is -2.14. The molecule has 1 fully saturated rings. The standard InChI is InChI=1S/C13H14N2O4/c1-13(2)6-9(16)15(10(17)7-13)11-8(12(18)19)4-3-5-14-11/h3-5H,6-7H2,1-2H3,(H,18,19). The van der Waals surface area contributed by atoms with E-state index in [4.69, 9.17) is 5.11 Å². The second-order valence-electron chi connectivity index (χ2n) is 5.32. The molecule has 1 aliphatic heterocycles. The topological polar surface area (TPSA) is 87.6 Å². The molecule has 1 saturated heterocycles. The maximum atomic E-state index is 12.1. The van der Waals surface area contributed by atoms with Crippen molar-refractivity contribution in [2.75, 3.05) is 4.90 Å². The van der Waals surface area contributed by atoms with E-state index in [0.717, 1.165) is 4.90 Å². The number of piperidine rings is 1. The number of pyridine rings is 1. The van der Waals surface area contributed by atoms with Gasteiger partial charge in [0.15, 0.2) is 5.82 Å². The number of hydrogen-bond acceptors (Lipinski definition) is 4. The quantitative estimate of drug-likeness (QED) is 0.815. The Labute approximate surface area is 110 Å². The fourth-order valence-electron chi connectivity index (χ4n) is 2.16. The Bertz CT molecular complexity index is 546. The first kappa shape index (κ1) is 13.2. The van der Waals surface area contributed by atoms with Crippen molar-refractivity contribution >= 4 is 23.6 Å². The summed E-state index contributed by atoms with van der Waals surface area (Å²) < 4.78 is 0. The summed E-state index contributed by atoms with van der Waals surface area (Å²) in [6, 6.07) is 2.78. The lowest BCUT2D eigenvalue weighted by atomic mass is 9.81. The Hall–Kier alpha value is -2.24. The van der Waals surface area contributed by atoms with Crippen LogP contribution in [0.1, 0.15) is 37.0 Å². The van der Waals surface area contributed by atoms with Crippen molar-refractivity contribution in [3.63, 3.8) is 0 Å². The van der Waals surface area contributed by atoms with Gasteiger partial charge in [0, 0.05) is 19.0 Å². The van der Waals surface area contributed by atoms with Crippen LogP contribution in [0.2, 0.25) is 0 Å². The van der Waals surface area contributed by atoms with Gasteiger partial charge in [0.1, 0.15) is 5.56 Å². The fourth-order valence-corrected chi connectivity index (χ4v) is 2.16. The van der Waals surface area contributed by atoms with Crippen LogP contribution >= 0.6 is 0 Å². The summed E-state index contributed by atoms with van der Waals surface area (Å²) in [5, 5.41) is 9.08. The van der Waals surface area contributed by atoms with Crippen molar-refractivity contribution < 1.29 is 19.5 Å². The molecule has 0 saturated carbocycles. The third kappa shape index (κ3) is 2.47. The number of amides is 2. The van der Waals surface area contributed by atoms with Crippen molar-refractivity contribution in [2.45, 2.75) is 26.7 Å². The average Bonchev–Trinajstić information content (AvgIpc) is 2.26. The molecule has 6 nitrogen and oxygen atoms in total. The number of nitrogens with zero attached hydrogens (tertiary/aromatic N) is 2. The molecule has 1 aromatic rings. The Morgan fingerprint density at radius 3 is 2.42 bits per heavy atom. The average molecular weight is 262 g/mol. The van der Waals surface area contributed by atoms with Crippen LogP contribution in [-0.4, -0.2) is 27.9 Å². The Kier molecular flexibility index (Phi) is 3.09. The van der Waals surface area contributed by atoms with E-state index < -0.39 is 23.2 Å². The minimum atomic E-state index is -1.21. The van der Waals surface area contributed by atoms with Gasteiger partial charge in [0.2, 0.25) is 11.8 Å². The van der Waals surface area contributed by atoms with Gasteiger partial charge in [-0.1, -0.05) is 13.8 Å². The number of rotatable bonds is 2. The third-order valence-electron chi connectivity index (χ3n) is 2.99. The summed E-state index contributed by atoms with van der Waals surface area (Å²) >= 11 is 0. The van der Waals surface area contributed by atoms with Crippen molar-refractivity contribution in [1.29, 1.82) is 0 Å². The normalized spacial score (nSPS) is 18.5. The van der Waals surface area contributed by atoms with Crippen LogP contribution in [-0.2, 0) is 9.59 Å². The van der Waals surface area contributed by atoms with Crippen LogP contribution < -0.4 is 4.90 Å². The van der Waals surface area contributed by atoms with E-state index >= 15 is 0 Å². The van der Waals surface area contributed by atoms with Crippen molar-refractivity contribution in [1.82, 2.24) is 4.98 Å². The molecule has 2 rings (SSSR count). The number of anilines is 1. The van der Waals surface area contributed by atoms with Gasteiger partial charge in [-0.2, -0.15) is 0 Å². The molecule has 6 heteroatoms. The van der Waals surface area contributed by atoms with Gasteiger partial charge in [-0.25, -0.2) is 14.7 Å². The highest BCUT2D eigenvalue weighted by Crippen LogP contribution is 2.34. The minimum Gasteiger partial charge on any atom is -0.478 e. The summed E-state index contributed by atoms with van der Waals surface area (Å²) in [5.41, 5.74) is -0.549. The lowest BCUT2D eigenvalue weighted by Gasteiger charge is -2.34. The lowest BCUT2D eigenvalue weighted by Crippen LogP contribution is -2.47. The molecule has 1 N–H and O–H groups in total. The number of imide groups is 1. The smallest absolute Gasteiger partial charge is 0.339 e. The Morgan fingerprint density at radius 1 is 1.32 bits per heavy atom. The number of carbonyl (C=O) groups excluding carboxylic acids is 2. The molecule has 0 radical (unpaired) electrons. The van der Waals surface area contributed by atoms with Crippen LogP contribution in [0.5, 0.6) is 0 Å². The molecule has 0 atom stereocenters. The third-order valence-corrected chi connectivity index (χ3v) is 2.99. The molecule has 1 aliphatic rings. The highest BCUT2D eigenvalue weighted by atomic mass is 16.4. The van der Waals surface area contributed by atoms with E-state index in [2.05, 4.69) is 4.98 Å². The van der Waals surface area contributed by atoms with E-state index in [1.54, 1.807) is 0 Å². The van der Waals surface area contributed by atoms with Crippen LogP contribution in [0.4, 0.5) is 5.82 Å². The molecule has 19 heavy (non-hydrogen) atoms. The Balaban J connectivity index is 2.45. The predicted molar refractivity (Wildman–Crippen MR) is 66.7 cm³/mol. The maximum Gasteiger partial charge on any atom is 0.339 e. The fraction of sp³-hybridized carbons (Fsp3) is 0.385. The molecular weight excluding hydrogens is 248 g/mol. The number of hydrogen-bond donors (Lipinski definition) is 1. The van der Waals surface area contributed by atoms with E-state index in [1.165, 1.54) is 18.3 Å². The summed E-state index contributed by atoms with van der Waals surface area (Å²) in [6.45, 7) is 3.66. The lowest BCUT2D eigenvalue weighted by molar-refractivity contribution is -0.132. The number of aromatic carboxylic acids is 1. The predicted octanol–water partition coefficient (Wildman–Crippen LogP) is 1.46. The molecule has 0 aliphatic carbocycles. The second-order valence-corrected chi connectivity index (χ2v) is 5.32. The maximum absolute atomic E-state index is 12.1. The zero-order valence-electron chi connectivity index (χ0n) is 10.7. The van der Waals surface area contributed by atoms with Gasteiger partial charge in [-0.3, -0.25) is 9.59 Å². The highest BCUT2D eigenvalue weighted by Gasteiger charge is 2.40. The minimum absolute atomic E-state index is 0.0968. The largest absolute Gasteiger partial charge is 0.478 e. The van der Waals surface area contributed by atoms with E-state index in [9.17, 15) is 14.4 Å². The molecule has 2 heterocycles. The van der Waals surface area contributed by atoms with Gasteiger partial charge < -0.3 is 5.11 Å². The van der Waals surface area contributed by atoms with E-state index in [0.29, 0.717) is 0 Å². The number of carboxylic acids is 1. The molecule has 0 spiro atoms. The van der Waals surface area contributed by atoms with Crippen LogP contribution in [0.25, 0.3) is 0 Å². The molecule has 0 aromatic carbocycles. The van der Waals surface area contributed by atoms with Gasteiger partial charge >= 0.3 is 5.97 Å². The van der Waals surface area contributed by atoms with Gasteiger partial charge in [-0.15, -0.1) is 0 Å². The SMILES string of the molecule is CC1(C)CC(=O)N(c2ncccc2C(=O)O)C(=O)C1. The number of carboxylic acid groups (broad SMARTS) is 1. The molecule has 1 aromatic heterocycles. The Morgan fingerprint density at radius 2 is 1.89 bits per heavy atom. The first-order valence-corrected chi connectivity index (χ1v) is 5.86. The molecule has 100 valence electrons. The number of carbonyl (C=O) groups is 3. The van der Waals surface area contributed by atoms with Crippen LogP contribution in [0.3, 0.4) is 0 Å². The molecule has 0 bridgehead atoms. The molecular formula is C13H14N2O4. The summed E-state index contributed by atoms with van der Waals surface area (Å²) in [4.78, 5) is 40.0. The van der Waals surface area contributed by atoms with Gasteiger partial charge in [0.25, 0.3) is 0 Å². The zero-order chi connectivity index (χ0) is 14.2. The van der Waals surface area contributed by atoms with Crippen LogP contribution in [0.15, 0.2) is 18.3 Å². The van der Waals surface area contributed by atoms with Crippen molar-refractivity contribution in [2.24, 2.45) is 5.41 Å². The second kappa shape index (κ2) is 4.46. The van der Waals surface area contributed by atoms with Gasteiger partial charge in [-0.05, 0) is 17.5 Å². The zero-order valence-corrected chi connectivity index (χ0v) is 10.7. The van der Waals surface area contributed by atoms with Crippen LogP contribution in [0, 0.1) is 5.41 Å². The molecule has 0 unspecified atom stereocenters. The highest BCUT2D eigenvalue weighted by molar-refractivity contribution is 6.18. The van der Waals surface area contributed by atoms with E-state index in [-0.39, 0.29) is 24.2 Å². The van der Waals surface area contributed by atoms with Gasteiger partial charge in [0.05, 0.1) is 0 Å². The first-order chi connectivity index (χ1) is 8.82. The first-order valence-electron chi connectivity index (χ1n) is 5.86. The van der Waals surface area contributed by atoms with Crippen molar-refractivity contribution in [3.8, 4) is 0 Å². The van der Waals surface area contributed by atoms with Crippen molar-refractivity contribution in [3.05, 3.63) is 23.9 Å². The monoisotopic (exact) mass is 262 g/mol. The molecule has 2 amide bonds.